The second kappa shape index (κ2) is 11.7. The van der Waals surface area contributed by atoms with E-state index >= 15 is 4.39 Å². The summed E-state index contributed by atoms with van der Waals surface area (Å²) < 4.78 is 51.0. The van der Waals surface area contributed by atoms with Crippen LogP contribution in [-0.4, -0.2) is 101 Å². The van der Waals surface area contributed by atoms with Crippen molar-refractivity contribution >= 4 is 27.5 Å². The summed E-state index contributed by atoms with van der Waals surface area (Å²) in [4.78, 5) is 18.8. The SMILES string of the molecule is C#Cc1c(F)ccc2cc(O)cc(-c3ncc4c5nc(nc4c3F)OC[C@@]34CCCN3C[C@H](C4)OCCCOC[C@@]34CC[C@@H](CN5C3)N4)c12. The summed E-state index contributed by atoms with van der Waals surface area (Å²) in [5.74, 6) is 1.47. The smallest absolute Gasteiger partial charge is 0.319 e. The number of rotatable bonds is 1. The van der Waals surface area contributed by atoms with Gasteiger partial charge in [0.05, 0.1) is 34.7 Å². The number of anilines is 1. The molecule has 0 radical (unpaired) electrons. The molecule has 2 N–H and O–H groups in total. The molecule has 7 heterocycles. The number of piperazine rings is 1. The van der Waals surface area contributed by atoms with Crippen molar-refractivity contribution in [3.8, 4) is 35.4 Å². The number of aromatic hydroxyl groups is 1. The summed E-state index contributed by atoms with van der Waals surface area (Å²) >= 11 is 0. The van der Waals surface area contributed by atoms with E-state index in [1.165, 1.54) is 24.3 Å². The summed E-state index contributed by atoms with van der Waals surface area (Å²) in [6.07, 6.45) is 13.1. The van der Waals surface area contributed by atoms with Crippen LogP contribution in [0.25, 0.3) is 32.9 Å². The van der Waals surface area contributed by atoms with Gasteiger partial charge in [-0.3, -0.25) is 9.88 Å². The largest absolute Gasteiger partial charge is 0.508 e. The lowest BCUT2D eigenvalue weighted by molar-refractivity contribution is 0.0239. The van der Waals surface area contributed by atoms with Crippen LogP contribution in [0.2, 0.25) is 0 Å². The fourth-order valence-corrected chi connectivity index (χ4v) is 9.03. The number of nitrogens with zero attached hydrogens (tertiary/aromatic N) is 5. The van der Waals surface area contributed by atoms with Gasteiger partial charge in [-0.1, -0.05) is 12.0 Å². The quantitative estimate of drug-likeness (QED) is 0.281. The molecule has 7 bridgehead atoms. The van der Waals surface area contributed by atoms with Crippen LogP contribution in [0.4, 0.5) is 14.6 Å². The van der Waals surface area contributed by atoms with Gasteiger partial charge in [-0.15, -0.1) is 6.42 Å². The monoisotopic (exact) mass is 668 g/mol. The van der Waals surface area contributed by atoms with Crippen molar-refractivity contribution in [1.82, 2.24) is 25.2 Å². The minimum absolute atomic E-state index is 0.0302. The lowest BCUT2D eigenvalue weighted by Crippen LogP contribution is -2.62. The van der Waals surface area contributed by atoms with Crippen LogP contribution in [0.1, 0.15) is 44.1 Å². The fraction of sp³-hybridized carbons (Fsp3) is 0.486. The maximum absolute atomic E-state index is 17.0. The second-order valence-electron chi connectivity index (χ2n) is 14.4. The Kier molecular flexibility index (Phi) is 7.39. The molecule has 9 rings (SSSR count). The highest BCUT2D eigenvalue weighted by Crippen LogP contribution is 2.43. The summed E-state index contributed by atoms with van der Waals surface area (Å²) in [5.41, 5.74) is -0.421. The predicted molar refractivity (Wildman–Crippen MR) is 180 cm³/mol. The van der Waals surface area contributed by atoms with Gasteiger partial charge in [-0.25, -0.2) is 8.78 Å². The number of benzene rings is 2. The molecule has 0 unspecified atom stereocenters. The van der Waals surface area contributed by atoms with Crippen LogP contribution < -0.4 is 15.0 Å². The summed E-state index contributed by atoms with van der Waals surface area (Å²) in [7, 11) is 0. The van der Waals surface area contributed by atoms with E-state index in [0.29, 0.717) is 56.1 Å². The maximum atomic E-state index is 17.0. The molecular weight excluding hydrogens is 630 g/mol. The fourth-order valence-electron chi connectivity index (χ4n) is 9.03. The molecule has 254 valence electrons. The number of aromatic nitrogens is 3. The lowest BCUT2D eigenvalue weighted by atomic mass is 9.94. The van der Waals surface area contributed by atoms with E-state index in [9.17, 15) is 9.50 Å². The number of pyridine rings is 1. The molecule has 0 amide bonds. The van der Waals surface area contributed by atoms with Gasteiger partial charge in [0.25, 0.3) is 0 Å². The minimum atomic E-state index is -0.734. The highest BCUT2D eigenvalue weighted by Gasteiger charge is 2.50. The van der Waals surface area contributed by atoms with Crippen molar-refractivity contribution < 1.29 is 28.1 Å². The second-order valence-corrected chi connectivity index (χ2v) is 14.4. The van der Waals surface area contributed by atoms with E-state index in [1.54, 1.807) is 6.20 Å². The Balaban J connectivity index is 1.20. The summed E-state index contributed by atoms with van der Waals surface area (Å²) in [6, 6.07) is 5.86. The van der Waals surface area contributed by atoms with Crippen molar-refractivity contribution in [2.24, 2.45) is 0 Å². The van der Waals surface area contributed by atoms with Gasteiger partial charge >= 0.3 is 6.01 Å². The molecule has 2 aromatic heterocycles. The Labute approximate surface area is 282 Å². The molecule has 4 atom stereocenters. The Bertz CT molecular complexity index is 2020. The van der Waals surface area contributed by atoms with Gasteiger partial charge in [0.2, 0.25) is 0 Å². The van der Waals surface area contributed by atoms with Crippen LogP contribution in [0.3, 0.4) is 0 Å². The first-order chi connectivity index (χ1) is 23.8. The predicted octanol–water partition coefficient (Wildman–Crippen LogP) is 4.54. The van der Waals surface area contributed by atoms with Gasteiger partial charge in [-0.2, -0.15) is 9.97 Å². The van der Waals surface area contributed by atoms with Gasteiger partial charge in [0.1, 0.15) is 35.2 Å². The normalized spacial score (nSPS) is 28.7. The zero-order valence-electron chi connectivity index (χ0n) is 27.2. The first-order valence-corrected chi connectivity index (χ1v) is 17.2. The molecule has 5 aliphatic rings. The van der Waals surface area contributed by atoms with Crippen LogP contribution in [0.5, 0.6) is 11.8 Å². The van der Waals surface area contributed by atoms with Gasteiger partial charge < -0.3 is 29.5 Å². The number of halogens is 2. The molecule has 0 aliphatic carbocycles. The Morgan fingerprint density at radius 3 is 2.90 bits per heavy atom. The highest BCUT2D eigenvalue weighted by atomic mass is 19.1. The molecule has 0 saturated carbocycles. The molecule has 4 fully saturated rings. The zero-order chi connectivity index (χ0) is 33.3. The molecular formula is C37H38F2N6O4. The highest BCUT2D eigenvalue weighted by molar-refractivity contribution is 6.03. The van der Waals surface area contributed by atoms with E-state index < -0.39 is 11.6 Å². The lowest BCUT2D eigenvalue weighted by Gasteiger charge is -2.42. The van der Waals surface area contributed by atoms with Crippen molar-refractivity contribution in [2.45, 2.75) is 61.7 Å². The van der Waals surface area contributed by atoms with Crippen molar-refractivity contribution in [2.75, 3.05) is 57.5 Å². The Morgan fingerprint density at radius 1 is 1.08 bits per heavy atom. The number of phenols is 1. The van der Waals surface area contributed by atoms with E-state index in [1.807, 2.05) is 0 Å². The zero-order valence-corrected chi connectivity index (χ0v) is 27.2. The van der Waals surface area contributed by atoms with Crippen molar-refractivity contribution in [1.29, 1.82) is 0 Å². The van der Waals surface area contributed by atoms with Crippen LogP contribution in [0, 0.1) is 24.0 Å². The average Bonchev–Trinajstić information content (AvgIpc) is 3.74. The van der Waals surface area contributed by atoms with Crippen molar-refractivity contribution in [3.05, 3.63) is 47.7 Å². The summed E-state index contributed by atoms with van der Waals surface area (Å²) in [6.45, 7) is 5.27. The van der Waals surface area contributed by atoms with E-state index in [0.717, 1.165) is 51.6 Å². The van der Waals surface area contributed by atoms with Crippen LogP contribution in [-0.2, 0) is 9.47 Å². The minimum Gasteiger partial charge on any atom is -0.508 e. The molecule has 2 spiro atoms. The molecule has 4 aromatic rings. The van der Waals surface area contributed by atoms with E-state index in [-0.39, 0.29) is 62.7 Å². The maximum Gasteiger partial charge on any atom is 0.319 e. The number of hydrogen-bond donors (Lipinski definition) is 2. The first-order valence-electron chi connectivity index (χ1n) is 17.2. The molecule has 12 heteroatoms. The molecule has 2 aromatic carbocycles. The molecule has 5 aliphatic heterocycles. The van der Waals surface area contributed by atoms with Crippen molar-refractivity contribution in [3.63, 3.8) is 0 Å². The first kappa shape index (κ1) is 30.9. The average molecular weight is 669 g/mol. The number of nitrogens with one attached hydrogen (secondary N) is 1. The number of terminal acetylenes is 1. The van der Waals surface area contributed by atoms with E-state index in [2.05, 4.69) is 31.0 Å². The van der Waals surface area contributed by atoms with Crippen LogP contribution in [0.15, 0.2) is 30.5 Å². The van der Waals surface area contributed by atoms with Gasteiger partial charge in [-0.05, 0) is 68.7 Å². The Morgan fingerprint density at radius 2 is 2.00 bits per heavy atom. The molecule has 49 heavy (non-hydrogen) atoms. The summed E-state index contributed by atoms with van der Waals surface area (Å²) in [5, 5.41) is 15.6. The third kappa shape index (κ3) is 5.17. The standard InChI is InChI=1S/C37H38F2N6O4/c1-2-26-29(38)6-5-22-13-24(46)14-27(30(22)26)32-31(39)33-28(16-40-32)34-42-35(41-33)49-21-37-8-3-10-45(37)18-25(15-37)48-12-4-11-47-20-36-9-7-23(43-36)17-44(34)19-36/h1,5-6,13-14,16,23,25,43,46H,3-4,7-12,15,17-21H2/t23-,25-,36+,37-/m0/s1. The van der Waals surface area contributed by atoms with E-state index in [4.69, 9.17) is 25.6 Å². The van der Waals surface area contributed by atoms with Gasteiger partial charge in [0.15, 0.2) is 5.82 Å². The third-order valence-corrected chi connectivity index (χ3v) is 11.2. The third-order valence-electron chi connectivity index (χ3n) is 11.2. The van der Waals surface area contributed by atoms with Gasteiger partial charge in [0, 0.05) is 56.0 Å². The number of ether oxygens (including phenoxy) is 3. The van der Waals surface area contributed by atoms with Crippen LogP contribution >= 0.6 is 0 Å². The number of hydrogen-bond acceptors (Lipinski definition) is 10. The number of phenolic OH excluding ortho intramolecular Hbond substituents is 1. The Hall–Kier alpha value is -4.15. The molecule has 10 nitrogen and oxygen atoms in total. The number of fused-ring (bicyclic) bond motifs is 9. The molecule has 4 saturated heterocycles. The topological polar surface area (TPSA) is 105 Å².